The molecule has 9 heteroatoms. The van der Waals surface area contributed by atoms with E-state index < -0.39 is 10.0 Å². The van der Waals surface area contributed by atoms with Crippen molar-refractivity contribution in [3.63, 3.8) is 0 Å². The molecule has 1 aromatic carbocycles. The lowest BCUT2D eigenvalue weighted by Gasteiger charge is -2.20. The summed E-state index contributed by atoms with van der Waals surface area (Å²) in [5, 5.41) is 5.95. The predicted molar refractivity (Wildman–Crippen MR) is 98.6 cm³/mol. The van der Waals surface area contributed by atoms with Gasteiger partial charge in [-0.3, -0.25) is 4.79 Å². The normalized spacial score (nSPS) is 15.8. The minimum atomic E-state index is -3.55. The summed E-state index contributed by atoms with van der Waals surface area (Å²) in [7, 11) is -2.03. The van der Waals surface area contributed by atoms with Crippen LogP contribution in [0.1, 0.15) is 25.3 Å². The van der Waals surface area contributed by atoms with Crippen LogP contribution < -0.4 is 15.4 Å². The second-order valence-corrected chi connectivity index (χ2v) is 7.55. The molecule has 142 valence electrons. The van der Waals surface area contributed by atoms with E-state index in [1.165, 1.54) is 11.4 Å². The van der Waals surface area contributed by atoms with Crippen LogP contribution in [0.2, 0.25) is 0 Å². The first-order chi connectivity index (χ1) is 11.5. The number of hydrogen-bond acceptors (Lipinski definition) is 5. The number of nitrogens with one attached hydrogen (secondary N) is 2. The van der Waals surface area contributed by atoms with E-state index in [4.69, 9.17) is 4.74 Å². The first-order valence-corrected chi connectivity index (χ1v) is 9.57. The number of methoxy groups -OCH3 is 1. The maximum absolute atomic E-state index is 12.9. The summed E-state index contributed by atoms with van der Waals surface area (Å²) in [6.45, 7) is 4.43. The Hall–Kier alpha value is -1.35. The number of halogens is 1. The molecule has 2 rings (SSSR count). The lowest BCUT2D eigenvalue weighted by molar-refractivity contribution is -0.120. The summed E-state index contributed by atoms with van der Waals surface area (Å²) >= 11 is 0. The molecule has 1 aliphatic heterocycles. The second kappa shape index (κ2) is 9.96. The summed E-state index contributed by atoms with van der Waals surface area (Å²) in [5.74, 6) is 0.465. The van der Waals surface area contributed by atoms with Gasteiger partial charge in [0.1, 0.15) is 5.75 Å². The molecule has 0 bridgehead atoms. The van der Waals surface area contributed by atoms with E-state index in [0.29, 0.717) is 37.4 Å². The van der Waals surface area contributed by atoms with Crippen LogP contribution in [-0.4, -0.2) is 51.9 Å². The quantitative estimate of drug-likeness (QED) is 0.758. The van der Waals surface area contributed by atoms with Gasteiger partial charge < -0.3 is 15.4 Å². The Morgan fingerprint density at radius 2 is 2.08 bits per heavy atom. The minimum Gasteiger partial charge on any atom is -0.496 e. The maximum atomic E-state index is 12.9. The highest BCUT2D eigenvalue weighted by Gasteiger charge is 2.25. The van der Waals surface area contributed by atoms with Gasteiger partial charge in [0.25, 0.3) is 0 Å². The highest BCUT2D eigenvalue weighted by Crippen LogP contribution is 2.25. The van der Waals surface area contributed by atoms with E-state index in [1.54, 1.807) is 25.1 Å². The molecule has 0 aliphatic carbocycles. The molecule has 1 aliphatic rings. The lowest BCUT2D eigenvalue weighted by Crippen LogP contribution is -2.34. The van der Waals surface area contributed by atoms with Crippen molar-refractivity contribution in [3.8, 4) is 5.75 Å². The minimum absolute atomic E-state index is 0. The van der Waals surface area contributed by atoms with Gasteiger partial charge in [0.15, 0.2) is 0 Å². The first-order valence-electron chi connectivity index (χ1n) is 8.13. The maximum Gasteiger partial charge on any atom is 0.243 e. The molecule has 7 nitrogen and oxygen atoms in total. The molecule has 1 heterocycles. The number of benzene rings is 1. The summed E-state index contributed by atoms with van der Waals surface area (Å²) in [4.78, 5) is 11.7. The Balaban J connectivity index is 0.00000312. The van der Waals surface area contributed by atoms with E-state index >= 15 is 0 Å². The zero-order valence-corrected chi connectivity index (χ0v) is 16.2. The third-order valence-corrected chi connectivity index (χ3v) is 5.88. The van der Waals surface area contributed by atoms with E-state index in [0.717, 1.165) is 13.0 Å². The van der Waals surface area contributed by atoms with Gasteiger partial charge in [-0.15, -0.1) is 12.4 Å². The number of sulfonamides is 1. The predicted octanol–water partition coefficient (Wildman–Crippen LogP) is 1.13. The van der Waals surface area contributed by atoms with Crippen molar-refractivity contribution in [1.82, 2.24) is 14.9 Å². The van der Waals surface area contributed by atoms with Crippen molar-refractivity contribution in [2.24, 2.45) is 0 Å². The molecule has 0 saturated carbocycles. The fraction of sp³-hybridized carbons (Fsp3) is 0.562. The third-order valence-electron chi connectivity index (χ3n) is 3.99. The SMILES string of the molecule is CCC(=O)NCc1cc(S(=O)(=O)N2CCCNCC2)ccc1OC.Cl. The van der Waals surface area contributed by atoms with Crippen molar-refractivity contribution in [1.29, 1.82) is 0 Å². The van der Waals surface area contributed by atoms with Gasteiger partial charge in [-0.25, -0.2) is 8.42 Å². The van der Waals surface area contributed by atoms with Crippen LogP contribution in [0.4, 0.5) is 0 Å². The lowest BCUT2D eigenvalue weighted by atomic mass is 10.2. The number of carbonyl (C=O) groups excluding carboxylic acids is 1. The number of carbonyl (C=O) groups is 1. The van der Waals surface area contributed by atoms with Gasteiger partial charge in [-0.1, -0.05) is 6.92 Å². The highest BCUT2D eigenvalue weighted by atomic mass is 35.5. The number of rotatable bonds is 6. The Kier molecular flexibility index (Phi) is 8.64. The fourth-order valence-corrected chi connectivity index (χ4v) is 4.11. The van der Waals surface area contributed by atoms with Crippen molar-refractivity contribution in [3.05, 3.63) is 23.8 Å². The zero-order valence-electron chi connectivity index (χ0n) is 14.6. The molecular formula is C16H26ClN3O4S. The monoisotopic (exact) mass is 391 g/mol. The van der Waals surface area contributed by atoms with Crippen LogP contribution >= 0.6 is 12.4 Å². The molecule has 0 spiro atoms. The van der Waals surface area contributed by atoms with Gasteiger partial charge in [0, 0.05) is 38.2 Å². The standard InChI is InChI=1S/C16H25N3O4S.ClH/c1-3-16(20)18-12-13-11-14(5-6-15(13)23-2)24(21,22)19-9-4-7-17-8-10-19;/h5-6,11,17H,3-4,7-10,12H2,1-2H3,(H,18,20);1H. The number of amides is 1. The molecule has 0 unspecified atom stereocenters. The second-order valence-electron chi connectivity index (χ2n) is 5.61. The summed E-state index contributed by atoms with van der Waals surface area (Å²) in [5.41, 5.74) is 0.647. The third kappa shape index (κ3) is 5.57. The molecule has 1 aromatic rings. The molecular weight excluding hydrogens is 366 g/mol. The molecule has 0 aromatic heterocycles. The van der Waals surface area contributed by atoms with Crippen LogP contribution in [0.5, 0.6) is 5.75 Å². The average Bonchev–Trinajstić information content (AvgIpc) is 2.89. The number of ether oxygens (including phenoxy) is 1. The van der Waals surface area contributed by atoms with Crippen molar-refractivity contribution in [2.45, 2.75) is 31.2 Å². The Labute approximate surface area is 155 Å². The molecule has 25 heavy (non-hydrogen) atoms. The van der Waals surface area contributed by atoms with Gasteiger partial charge in [-0.05, 0) is 31.2 Å². The van der Waals surface area contributed by atoms with Gasteiger partial charge in [-0.2, -0.15) is 4.31 Å². The topological polar surface area (TPSA) is 87.7 Å². The molecule has 0 atom stereocenters. The van der Waals surface area contributed by atoms with E-state index in [-0.39, 0.29) is 29.8 Å². The van der Waals surface area contributed by atoms with Gasteiger partial charge >= 0.3 is 0 Å². The largest absolute Gasteiger partial charge is 0.496 e. The van der Waals surface area contributed by atoms with Gasteiger partial charge in [0.05, 0.1) is 12.0 Å². The number of nitrogens with zero attached hydrogens (tertiary/aromatic N) is 1. The van der Waals surface area contributed by atoms with Crippen molar-refractivity contribution in [2.75, 3.05) is 33.3 Å². The van der Waals surface area contributed by atoms with E-state index in [2.05, 4.69) is 10.6 Å². The molecule has 2 N–H and O–H groups in total. The Bertz CT molecular complexity index is 674. The summed E-state index contributed by atoms with van der Waals surface area (Å²) in [6.07, 6.45) is 1.16. The fourth-order valence-electron chi connectivity index (χ4n) is 2.58. The smallest absolute Gasteiger partial charge is 0.243 e. The van der Waals surface area contributed by atoms with Gasteiger partial charge in [0.2, 0.25) is 15.9 Å². The van der Waals surface area contributed by atoms with E-state index in [9.17, 15) is 13.2 Å². The number of hydrogen-bond donors (Lipinski definition) is 2. The van der Waals surface area contributed by atoms with Crippen LogP contribution in [0.3, 0.4) is 0 Å². The Morgan fingerprint density at radius 3 is 2.76 bits per heavy atom. The van der Waals surface area contributed by atoms with Crippen molar-refractivity contribution >= 4 is 28.3 Å². The van der Waals surface area contributed by atoms with Crippen LogP contribution in [0.15, 0.2) is 23.1 Å². The average molecular weight is 392 g/mol. The zero-order chi connectivity index (χ0) is 17.6. The highest BCUT2D eigenvalue weighted by molar-refractivity contribution is 7.89. The van der Waals surface area contributed by atoms with Crippen LogP contribution in [0.25, 0.3) is 0 Å². The molecule has 1 fully saturated rings. The van der Waals surface area contributed by atoms with Crippen molar-refractivity contribution < 1.29 is 17.9 Å². The van der Waals surface area contributed by atoms with Crippen LogP contribution in [0, 0.1) is 0 Å². The first kappa shape index (κ1) is 21.7. The summed E-state index contributed by atoms with van der Waals surface area (Å²) < 4.78 is 32.5. The molecule has 1 saturated heterocycles. The van der Waals surface area contributed by atoms with E-state index in [1.807, 2.05) is 0 Å². The summed E-state index contributed by atoms with van der Waals surface area (Å²) in [6, 6.07) is 4.77. The van der Waals surface area contributed by atoms with Crippen LogP contribution in [-0.2, 0) is 21.4 Å². The molecule has 0 radical (unpaired) electrons. The molecule has 1 amide bonds. The Morgan fingerprint density at radius 1 is 1.32 bits per heavy atom.